The van der Waals surface area contributed by atoms with Gasteiger partial charge >= 0.3 is 6.09 Å². The molecule has 1 fully saturated rings. The van der Waals surface area contributed by atoms with E-state index in [9.17, 15) is 9.59 Å². The minimum absolute atomic E-state index is 0.0834. The number of hydrogen-bond acceptors (Lipinski definition) is 6. The molecule has 2 aromatic heterocycles. The number of benzene rings is 1. The minimum Gasteiger partial charge on any atom is -0.444 e. The first-order valence-electron chi connectivity index (χ1n) is 11.0. The third-order valence-electron chi connectivity index (χ3n) is 5.52. The van der Waals surface area contributed by atoms with Gasteiger partial charge in [0.1, 0.15) is 16.3 Å². The van der Waals surface area contributed by atoms with E-state index >= 15 is 0 Å². The number of nitrogens with zero attached hydrogens (tertiary/aromatic N) is 2. The summed E-state index contributed by atoms with van der Waals surface area (Å²) in [4.78, 5) is 36.3. The monoisotopic (exact) mass is 454 g/mol. The fraction of sp³-hybridized carbons (Fsp3) is 0.458. The lowest BCUT2D eigenvalue weighted by Gasteiger charge is -2.31. The predicted octanol–water partition coefficient (Wildman–Crippen LogP) is 4.39. The fourth-order valence-corrected chi connectivity index (χ4v) is 4.95. The van der Waals surface area contributed by atoms with Gasteiger partial charge in [0, 0.05) is 11.4 Å². The van der Waals surface area contributed by atoms with Gasteiger partial charge in [0.15, 0.2) is 0 Å². The zero-order chi connectivity index (χ0) is 22.7. The number of thiophene rings is 1. The molecule has 4 rings (SSSR count). The number of carbonyl (C=O) groups excluding carboxylic acids is 1. The zero-order valence-electron chi connectivity index (χ0n) is 18.8. The normalized spacial score (nSPS) is 15.7. The van der Waals surface area contributed by atoms with Crippen molar-refractivity contribution in [2.75, 3.05) is 19.6 Å². The smallest absolute Gasteiger partial charge is 0.407 e. The highest BCUT2D eigenvalue weighted by Crippen LogP contribution is 2.30. The van der Waals surface area contributed by atoms with Gasteiger partial charge < -0.3 is 15.0 Å². The van der Waals surface area contributed by atoms with Crippen molar-refractivity contribution in [3.63, 3.8) is 0 Å². The number of nitrogens with one attached hydrogen (secondary N) is 2. The van der Waals surface area contributed by atoms with Gasteiger partial charge in [-0.25, -0.2) is 9.78 Å². The number of carbonyl (C=O) groups is 1. The second kappa shape index (κ2) is 9.42. The molecular weight excluding hydrogens is 424 g/mol. The third-order valence-corrected chi connectivity index (χ3v) is 6.60. The van der Waals surface area contributed by atoms with Crippen LogP contribution in [-0.2, 0) is 11.3 Å². The third kappa shape index (κ3) is 5.75. The molecule has 1 saturated heterocycles. The highest BCUT2D eigenvalue weighted by atomic mass is 32.1. The predicted molar refractivity (Wildman–Crippen MR) is 128 cm³/mol. The second-order valence-electron chi connectivity index (χ2n) is 9.31. The van der Waals surface area contributed by atoms with Crippen molar-refractivity contribution in [1.82, 2.24) is 20.2 Å². The van der Waals surface area contributed by atoms with Crippen LogP contribution in [0.1, 0.15) is 39.4 Å². The van der Waals surface area contributed by atoms with Gasteiger partial charge in [-0.2, -0.15) is 0 Å². The maximum absolute atomic E-state index is 12.6. The lowest BCUT2D eigenvalue weighted by molar-refractivity contribution is 0.0509. The Morgan fingerprint density at radius 1 is 1.25 bits per heavy atom. The molecule has 0 spiro atoms. The molecule has 0 unspecified atom stereocenters. The Bertz CT molecular complexity index is 1130. The van der Waals surface area contributed by atoms with E-state index < -0.39 is 5.60 Å². The summed E-state index contributed by atoms with van der Waals surface area (Å²) >= 11 is 1.55. The summed E-state index contributed by atoms with van der Waals surface area (Å²) in [6, 6.07) is 12.0. The Balaban J connectivity index is 1.33. The number of hydrogen-bond donors (Lipinski definition) is 2. The summed E-state index contributed by atoms with van der Waals surface area (Å²) in [5.41, 5.74) is 0.529. The molecule has 1 aliphatic rings. The van der Waals surface area contributed by atoms with E-state index in [1.54, 1.807) is 11.3 Å². The molecule has 2 N–H and O–H groups in total. The number of alkyl carbamates (subject to hydrolysis) is 1. The maximum Gasteiger partial charge on any atom is 0.407 e. The Morgan fingerprint density at radius 2 is 1.97 bits per heavy atom. The molecule has 7 nitrogen and oxygen atoms in total. The summed E-state index contributed by atoms with van der Waals surface area (Å²) in [5.74, 6) is 1.13. The molecule has 3 heterocycles. The van der Waals surface area contributed by atoms with Crippen molar-refractivity contribution in [3.8, 4) is 10.4 Å². The summed E-state index contributed by atoms with van der Waals surface area (Å²) in [5, 5.41) is 3.52. The Morgan fingerprint density at radius 3 is 2.66 bits per heavy atom. The van der Waals surface area contributed by atoms with Crippen LogP contribution in [0.25, 0.3) is 20.7 Å². The van der Waals surface area contributed by atoms with Crippen molar-refractivity contribution in [2.45, 2.75) is 45.8 Å². The van der Waals surface area contributed by atoms with Crippen LogP contribution in [0.3, 0.4) is 0 Å². The summed E-state index contributed by atoms with van der Waals surface area (Å²) < 4.78 is 5.30. The summed E-state index contributed by atoms with van der Waals surface area (Å²) in [6.45, 7) is 8.64. The number of fused-ring (bicyclic) bond motifs is 1. The number of piperidine rings is 1. The highest BCUT2D eigenvalue weighted by molar-refractivity contribution is 7.21. The average molecular weight is 455 g/mol. The van der Waals surface area contributed by atoms with Crippen LogP contribution in [0.15, 0.2) is 41.2 Å². The average Bonchev–Trinajstić information content (AvgIpc) is 3.18. The molecule has 32 heavy (non-hydrogen) atoms. The SMILES string of the molecule is CC(C)(C)OC(=O)NCC1CCN(Cc2nc3sc(-c4ccccc4)cc3c(=O)[nH]2)CC1. The standard InChI is InChI=1S/C24H30N4O3S/c1-24(2,3)31-23(30)25-14-16-9-11-28(12-10-16)15-20-26-21(29)18-13-19(32-22(18)27-20)17-7-5-4-6-8-17/h4-8,13,16H,9-12,14-15H2,1-3H3,(H,25,30)(H,26,27,29). The number of aromatic nitrogens is 2. The van der Waals surface area contributed by atoms with Crippen LogP contribution >= 0.6 is 11.3 Å². The zero-order valence-corrected chi connectivity index (χ0v) is 19.6. The topological polar surface area (TPSA) is 87.3 Å². The van der Waals surface area contributed by atoms with Crippen LogP contribution in [0.4, 0.5) is 4.79 Å². The van der Waals surface area contributed by atoms with Crippen LogP contribution < -0.4 is 10.9 Å². The van der Waals surface area contributed by atoms with Crippen LogP contribution in [0.5, 0.6) is 0 Å². The van der Waals surface area contributed by atoms with Gasteiger partial charge in [-0.05, 0) is 64.3 Å². The van der Waals surface area contributed by atoms with Crippen LogP contribution in [0, 0.1) is 5.92 Å². The van der Waals surface area contributed by atoms with Gasteiger partial charge in [-0.15, -0.1) is 11.3 Å². The number of likely N-dealkylation sites (tertiary alicyclic amines) is 1. The van der Waals surface area contributed by atoms with Gasteiger partial charge in [-0.1, -0.05) is 30.3 Å². The molecule has 1 aromatic carbocycles. The van der Waals surface area contributed by atoms with Gasteiger partial charge in [-0.3, -0.25) is 9.69 Å². The van der Waals surface area contributed by atoms with Gasteiger partial charge in [0.25, 0.3) is 5.56 Å². The summed E-state index contributed by atoms with van der Waals surface area (Å²) in [7, 11) is 0. The first kappa shape index (κ1) is 22.5. The molecule has 3 aromatic rings. The number of H-pyrrole nitrogens is 1. The van der Waals surface area contributed by atoms with Crippen LogP contribution in [0.2, 0.25) is 0 Å². The molecule has 170 valence electrons. The summed E-state index contributed by atoms with van der Waals surface area (Å²) in [6.07, 6.45) is 1.61. The first-order valence-corrected chi connectivity index (χ1v) is 11.9. The van der Waals surface area contributed by atoms with E-state index in [0.717, 1.165) is 41.2 Å². The molecule has 0 radical (unpaired) electrons. The molecule has 0 aliphatic carbocycles. The number of amides is 1. The van der Waals surface area contributed by atoms with E-state index in [-0.39, 0.29) is 11.7 Å². The van der Waals surface area contributed by atoms with Crippen molar-refractivity contribution in [3.05, 3.63) is 52.6 Å². The Hall–Kier alpha value is -2.71. The first-order chi connectivity index (χ1) is 15.3. The fourth-order valence-electron chi connectivity index (χ4n) is 3.90. The molecule has 8 heteroatoms. The Kier molecular flexibility index (Phi) is 6.62. The molecular formula is C24H30N4O3S. The number of ether oxygens (including phenoxy) is 1. The molecule has 0 saturated carbocycles. The lowest BCUT2D eigenvalue weighted by atomic mass is 9.97. The van der Waals surface area contributed by atoms with Crippen molar-refractivity contribution < 1.29 is 9.53 Å². The van der Waals surface area contributed by atoms with Crippen molar-refractivity contribution in [2.24, 2.45) is 5.92 Å². The van der Waals surface area contributed by atoms with E-state index in [1.807, 2.05) is 57.2 Å². The number of aromatic amines is 1. The molecule has 1 amide bonds. The molecule has 1 aliphatic heterocycles. The van der Waals surface area contributed by atoms with E-state index in [1.165, 1.54) is 0 Å². The Labute approximate surface area is 191 Å². The lowest BCUT2D eigenvalue weighted by Crippen LogP contribution is -2.40. The van der Waals surface area contributed by atoms with E-state index in [0.29, 0.717) is 30.2 Å². The number of rotatable bonds is 5. The quantitative estimate of drug-likeness (QED) is 0.597. The van der Waals surface area contributed by atoms with E-state index in [2.05, 4.69) is 15.2 Å². The molecule has 0 bridgehead atoms. The largest absolute Gasteiger partial charge is 0.444 e. The van der Waals surface area contributed by atoms with Gasteiger partial charge in [0.05, 0.1) is 11.9 Å². The second-order valence-corrected chi connectivity index (χ2v) is 10.3. The van der Waals surface area contributed by atoms with E-state index in [4.69, 9.17) is 9.72 Å². The highest BCUT2D eigenvalue weighted by Gasteiger charge is 2.22. The van der Waals surface area contributed by atoms with Crippen molar-refractivity contribution >= 4 is 27.6 Å². The molecule has 0 atom stereocenters. The van der Waals surface area contributed by atoms with Crippen LogP contribution in [-0.4, -0.2) is 46.2 Å². The van der Waals surface area contributed by atoms with Gasteiger partial charge in [0.2, 0.25) is 0 Å². The van der Waals surface area contributed by atoms with Crippen molar-refractivity contribution in [1.29, 1.82) is 0 Å². The minimum atomic E-state index is -0.483. The maximum atomic E-state index is 12.6.